The van der Waals surface area contributed by atoms with Crippen LogP contribution in [0.5, 0.6) is 0 Å². The maximum Gasteiger partial charge on any atom is 0.123 e. The molecule has 2 rings (SSSR count). The van der Waals surface area contributed by atoms with Crippen molar-refractivity contribution in [3.63, 3.8) is 0 Å². The Balaban J connectivity index is 1.84. The lowest BCUT2D eigenvalue weighted by Gasteiger charge is -2.16. The van der Waals surface area contributed by atoms with Gasteiger partial charge in [0.1, 0.15) is 5.82 Å². The lowest BCUT2D eigenvalue weighted by molar-refractivity contribution is 0.134. The highest BCUT2D eigenvalue weighted by molar-refractivity contribution is 5.31. The van der Waals surface area contributed by atoms with E-state index in [1.807, 2.05) is 25.2 Å². The van der Waals surface area contributed by atoms with Crippen LogP contribution in [0.3, 0.4) is 0 Å². The standard InChI is InChI=1S/C15H21FN4O/c1-19(2)11-15(21)9-17-7-12-8-18-20(10-12)14-5-3-13(16)4-6-14/h3-6,8,10,15,17,21H,7,9,11H2,1-2H3. The Bertz CT molecular complexity index is 553. The second-order valence-corrected chi connectivity index (χ2v) is 5.32. The van der Waals surface area contributed by atoms with Crippen LogP contribution in [0.4, 0.5) is 4.39 Å². The maximum absolute atomic E-state index is 12.9. The van der Waals surface area contributed by atoms with E-state index in [0.29, 0.717) is 19.6 Å². The van der Waals surface area contributed by atoms with E-state index in [9.17, 15) is 9.50 Å². The van der Waals surface area contributed by atoms with Gasteiger partial charge in [-0.15, -0.1) is 0 Å². The molecule has 114 valence electrons. The van der Waals surface area contributed by atoms with Crippen molar-refractivity contribution in [2.45, 2.75) is 12.6 Å². The first kappa shape index (κ1) is 15.6. The summed E-state index contributed by atoms with van der Waals surface area (Å²) in [6.45, 7) is 1.79. The van der Waals surface area contributed by atoms with E-state index in [1.54, 1.807) is 23.0 Å². The van der Waals surface area contributed by atoms with E-state index < -0.39 is 6.10 Å². The van der Waals surface area contributed by atoms with Gasteiger partial charge in [0.15, 0.2) is 0 Å². The molecule has 0 saturated heterocycles. The summed E-state index contributed by atoms with van der Waals surface area (Å²) in [6, 6.07) is 6.18. The smallest absolute Gasteiger partial charge is 0.123 e. The molecule has 0 aliphatic rings. The average Bonchev–Trinajstić information content (AvgIpc) is 2.87. The van der Waals surface area contributed by atoms with Gasteiger partial charge in [0.2, 0.25) is 0 Å². The zero-order valence-electron chi connectivity index (χ0n) is 12.3. The summed E-state index contributed by atoms with van der Waals surface area (Å²) < 4.78 is 14.6. The van der Waals surface area contributed by atoms with Gasteiger partial charge in [0.05, 0.1) is 18.0 Å². The van der Waals surface area contributed by atoms with Crippen LogP contribution >= 0.6 is 0 Å². The van der Waals surface area contributed by atoms with E-state index in [1.165, 1.54) is 12.1 Å². The van der Waals surface area contributed by atoms with Crippen LogP contribution < -0.4 is 5.32 Å². The summed E-state index contributed by atoms with van der Waals surface area (Å²) in [5.41, 5.74) is 1.83. The summed E-state index contributed by atoms with van der Waals surface area (Å²) >= 11 is 0. The molecule has 0 spiro atoms. The molecule has 0 aliphatic heterocycles. The molecule has 5 nitrogen and oxygen atoms in total. The van der Waals surface area contributed by atoms with Gasteiger partial charge < -0.3 is 15.3 Å². The Morgan fingerprint density at radius 3 is 2.71 bits per heavy atom. The Kier molecular flexibility index (Phi) is 5.44. The average molecular weight is 292 g/mol. The fraction of sp³-hybridized carbons (Fsp3) is 0.400. The Hall–Kier alpha value is -1.76. The molecule has 0 aliphatic carbocycles. The normalized spacial score (nSPS) is 12.8. The van der Waals surface area contributed by atoms with Crippen LogP contribution in [0.1, 0.15) is 5.56 Å². The molecule has 0 amide bonds. The molecular formula is C15H21FN4O. The van der Waals surface area contributed by atoms with Gasteiger partial charge in [-0.25, -0.2) is 9.07 Å². The molecule has 1 atom stereocenters. The molecule has 0 saturated carbocycles. The first-order chi connectivity index (χ1) is 10.0. The van der Waals surface area contributed by atoms with Crippen molar-refractivity contribution < 1.29 is 9.50 Å². The first-order valence-corrected chi connectivity index (χ1v) is 6.87. The molecule has 0 radical (unpaired) electrons. The summed E-state index contributed by atoms with van der Waals surface area (Å²) in [6.07, 6.45) is 3.25. The number of hydrogen-bond donors (Lipinski definition) is 2. The van der Waals surface area contributed by atoms with Crippen LogP contribution in [0.25, 0.3) is 5.69 Å². The molecule has 1 aromatic heterocycles. The topological polar surface area (TPSA) is 53.3 Å². The van der Waals surface area contributed by atoms with Crippen LogP contribution in [-0.4, -0.2) is 53.1 Å². The van der Waals surface area contributed by atoms with E-state index in [-0.39, 0.29) is 5.82 Å². The summed E-state index contributed by atoms with van der Waals surface area (Å²) in [5.74, 6) is -0.261. The van der Waals surface area contributed by atoms with Crippen LogP contribution in [0.2, 0.25) is 0 Å². The Morgan fingerprint density at radius 1 is 1.33 bits per heavy atom. The molecule has 0 bridgehead atoms. The van der Waals surface area contributed by atoms with Gasteiger partial charge in [-0.1, -0.05) is 0 Å². The number of rotatable bonds is 7. The predicted molar refractivity (Wildman–Crippen MR) is 79.8 cm³/mol. The number of likely N-dealkylation sites (N-methyl/N-ethyl adjacent to an activating group) is 1. The molecule has 1 unspecified atom stereocenters. The molecule has 2 aromatic rings. The lowest BCUT2D eigenvalue weighted by Crippen LogP contribution is -2.34. The SMILES string of the molecule is CN(C)CC(O)CNCc1cnn(-c2ccc(F)cc2)c1. The van der Waals surface area contributed by atoms with Crippen molar-refractivity contribution in [1.82, 2.24) is 20.0 Å². The van der Waals surface area contributed by atoms with Crippen molar-refractivity contribution in [1.29, 1.82) is 0 Å². The monoisotopic (exact) mass is 292 g/mol. The van der Waals surface area contributed by atoms with Crippen molar-refractivity contribution >= 4 is 0 Å². The number of aromatic nitrogens is 2. The number of benzene rings is 1. The van der Waals surface area contributed by atoms with Crippen LogP contribution in [0, 0.1) is 5.82 Å². The molecule has 0 fully saturated rings. The summed E-state index contributed by atoms with van der Waals surface area (Å²) in [4.78, 5) is 1.94. The molecule has 21 heavy (non-hydrogen) atoms. The van der Waals surface area contributed by atoms with Crippen LogP contribution in [0.15, 0.2) is 36.7 Å². The number of aliphatic hydroxyl groups excluding tert-OH is 1. The van der Waals surface area contributed by atoms with Crippen molar-refractivity contribution in [3.8, 4) is 5.69 Å². The van der Waals surface area contributed by atoms with Gasteiger partial charge >= 0.3 is 0 Å². The predicted octanol–water partition coefficient (Wildman–Crippen LogP) is 1.02. The van der Waals surface area contributed by atoms with Gasteiger partial charge in [0, 0.05) is 31.4 Å². The van der Waals surface area contributed by atoms with Gasteiger partial charge in [-0.3, -0.25) is 0 Å². The highest BCUT2D eigenvalue weighted by Crippen LogP contribution is 2.09. The van der Waals surface area contributed by atoms with Crippen molar-refractivity contribution in [2.75, 3.05) is 27.2 Å². The van der Waals surface area contributed by atoms with Gasteiger partial charge in [-0.2, -0.15) is 5.10 Å². The number of halogens is 1. The minimum absolute atomic E-state index is 0.261. The largest absolute Gasteiger partial charge is 0.390 e. The number of aliphatic hydroxyl groups is 1. The minimum Gasteiger partial charge on any atom is -0.390 e. The van der Waals surface area contributed by atoms with E-state index in [2.05, 4.69) is 10.4 Å². The minimum atomic E-state index is -0.396. The molecule has 6 heteroatoms. The molecular weight excluding hydrogens is 271 g/mol. The third kappa shape index (κ3) is 4.93. The number of hydrogen-bond acceptors (Lipinski definition) is 4. The second-order valence-electron chi connectivity index (χ2n) is 5.32. The summed E-state index contributed by atoms with van der Waals surface area (Å²) in [5, 5.41) is 17.2. The van der Waals surface area contributed by atoms with Gasteiger partial charge in [0.25, 0.3) is 0 Å². The number of nitrogens with one attached hydrogen (secondary N) is 1. The zero-order valence-corrected chi connectivity index (χ0v) is 12.3. The highest BCUT2D eigenvalue weighted by Gasteiger charge is 2.06. The third-order valence-electron chi connectivity index (χ3n) is 3.01. The third-order valence-corrected chi connectivity index (χ3v) is 3.01. The fourth-order valence-electron chi connectivity index (χ4n) is 2.06. The molecule has 2 N–H and O–H groups in total. The zero-order chi connectivity index (χ0) is 15.2. The maximum atomic E-state index is 12.9. The Labute approximate surface area is 124 Å². The van der Waals surface area contributed by atoms with E-state index in [4.69, 9.17) is 0 Å². The highest BCUT2D eigenvalue weighted by atomic mass is 19.1. The lowest BCUT2D eigenvalue weighted by atomic mass is 10.3. The van der Waals surface area contributed by atoms with Crippen molar-refractivity contribution in [2.24, 2.45) is 0 Å². The van der Waals surface area contributed by atoms with E-state index in [0.717, 1.165) is 11.3 Å². The quantitative estimate of drug-likeness (QED) is 0.800. The van der Waals surface area contributed by atoms with E-state index >= 15 is 0 Å². The molecule has 1 aromatic carbocycles. The fourth-order valence-corrected chi connectivity index (χ4v) is 2.06. The van der Waals surface area contributed by atoms with Crippen molar-refractivity contribution in [3.05, 3.63) is 48.0 Å². The second kappa shape index (κ2) is 7.31. The number of nitrogens with zero attached hydrogens (tertiary/aromatic N) is 3. The molecule has 1 heterocycles. The summed E-state index contributed by atoms with van der Waals surface area (Å²) in [7, 11) is 3.85. The van der Waals surface area contributed by atoms with Crippen LogP contribution in [-0.2, 0) is 6.54 Å². The van der Waals surface area contributed by atoms with Gasteiger partial charge in [-0.05, 0) is 38.4 Å². The first-order valence-electron chi connectivity index (χ1n) is 6.87. The Morgan fingerprint density at radius 2 is 2.05 bits per heavy atom.